The Kier molecular flexibility index (Phi) is 7.30. The molecule has 2 aromatic carbocycles. The number of nitro benzene ring substituents is 1. The first-order chi connectivity index (χ1) is 12.6. The fourth-order valence-corrected chi connectivity index (χ4v) is 2.29. The van der Waals surface area contributed by atoms with Crippen molar-refractivity contribution in [3.8, 4) is 5.75 Å². The maximum atomic E-state index is 11.8. The Morgan fingerprint density at radius 2 is 1.88 bits per heavy atom. The molecule has 0 fully saturated rings. The molecule has 0 aliphatic heterocycles. The third-order valence-corrected chi connectivity index (χ3v) is 3.61. The summed E-state index contributed by atoms with van der Waals surface area (Å²) in [5.74, 6) is 0.670. The van der Waals surface area contributed by atoms with E-state index in [9.17, 15) is 14.9 Å². The molecular formula is C19H21N3O4. The average Bonchev–Trinajstić information content (AvgIpc) is 2.64. The molecule has 0 aliphatic carbocycles. The Hall–Kier alpha value is -3.22. The van der Waals surface area contributed by atoms with Crippen LogP contribution in [-0.2, 0) is 11.2 Å². The zero-order chi connectivity index (χ0) is 18.8. The number of nitrogens with one attached hydrogen (secondary N) is 1. The minimum Gasteiger partial charge on any atom is -0.494 e. The van der Waals surface area contributed by atoms with Crippen LogP contribution in [0.4, 0.5) is 5.69 Å². The zero-order valence-electron chi connectivity index (χ0n) is 14.6. The Morgan fingerprint density at radius 1 is 1.19 bits per heavy atom. The van der Waals surface area contributed by atoms with Gasteiger partial charge in [0.25, 0.3) is 5.69 Å². The molecule has 136 valence electrons. The minimum atomic E-state index is -0.465. The van der Waals surface area contributed by atoms with Gasteiger partial charge in [-0.2, -0.15) is 5.10 Å². The van der Waals surface area contributed by atoms with E-state index in [0.29, 0.717) is 25.0 Å². The third-order valence-electron chi connectivity index (χ3n) is 3.61. The lowest BCUT2D eigenvalue weighted by Crippen LogP contribution is -2.17. The van der Waals surface area contributed by atoms with Gasteiger partial charge >= 0.3 is 0 Å². The highest BCUT2D eigenvalue weighted by molar-refractivity contribution is 5.82. The predicted octanol–water partition coefficient (Wildman–Crippen LogP) is 3.47. The molecule has 2 aromatic rings. The number of hydrogen-bond donors (Lipinski definition) is 1. The number of nitro groups is 1. The van der Waals surface area contributed by atoms with Crippen LogP contribution < -0.4 is 10.2 Å². The molecule has 0 spiro atoms. The van der Waals surface area contributed by atoms with E-state index >= 15 is 0 Å². The summed E-state index contributed by atoms with van der Waals surface area (Å²) in [6.45, 7) is 2.58. The van der Waals surface area contributed by atoms with Crippen molar-refractivity contribution in [2.75, 3.05) is 6.61 Å². The summed E-state index contributed by atoms with van der Waals surface area (Å²) in [5.41, 5.74) is 4.29. The van der Waals surface area contributed by atoms with Crippen molar-refractivity contribution in [1.82, 2.24) is 5.43 Å². The van der Waals surface area contributed by atoms with Crippen LogP contribution in [0.5, 0.6) is 5.75 Å². The SMILES string of the molecule is CCOc1ccc(CCCC(=O)N/N=C\c2ccc([N+](=O)[O-])cc2)cc1. The van der Waals surface area contributed by atoms with Gasteiger partial charge in [0.2, 0.25) is 5.91 Å². The van der Waals surface area contributed by atoms with Crippen molar-refractivity contribution >= 4 is 17.8 Å². The van der Waals surface area contributed by atoms with Gasteiger partial charge < -0.3 is 4.74 Å². The van der Waals surface area contributed by atoms with Crippen molar-refractivity contribution in [1.29, 1.82) is 0 Å². The summed E-state index contributed by atoms with van der Waals surface area (Å²) in [6.07, 6.45) is 3.33. The molecule has 0 bridgehead atoms. The second-order valence-corrected chi connectivity index (χ2v) is 5.57. The maximum absolute atomic E-state index is 11.8. The van der Waals surface area contributed by atoms with Gasteiger partial charge in [-0.15, -0.1) is 0 Å². The van der Waals surface area contributed by atoms with Gasteiger partial charge in [-0.25, -0.2) is 5.43 Å². The molecule has 7 nitrogen and oxygen atoms in total. The van der Waals surface area contributed by atoms with E-state index in [0.717, 1.165) is 17.7 Å². The van der Waals surface area contributed by atoms with E-state index in [-0.39, 0.29) is 11.6 Å². The molecule has 2 rings (SSSR count). The summed E-state index contributed by atoms with van der Waals surface area (Å²) in [5, 5.41) is 14.4. The van der Waals surface area contributed by atoms with Gasteiger partial charge in [0.1, 0.15) is 5.75 Å². The van der Waals surface area contributed by atoms with E-state index in [4.69, 9.17) is 4.74 Å². The van der Waals surface area contributed by atoms with E-state index in [2.05, 4.69) is 10.5 Å². The van der Waals surface area contributed by atoms with Crippen LogP contribution in [0.15, 0.2) is 53.6 Å². The molecule has 0 unspecified atom stereocenters. The van der Waals surface area contributed by atoms with Crippen LogP contribution in [0.2, 0.25) is 0 Å². The lowest BCUT2D eigenvalue weighted by atomic mass is 10.1. The Bertz CT molecular complexity index is 755. The van der Waals surface area contributed by atoms with E-state index in [1.54, 1.807) is 12.1 Å². The molecule has 0 aromatic heterocycles. The molecule has 7 heteroatoms. The summed E-state index contributed by atoms with van der Waals surface area (Å²) >= 11 is 0. The first-order valence-electron chi connectivity index (χ1n) is 8.36. The topological polar surface area (TPSA) is 93.8 Å². The smallest absolute Gasteiger partial charge is 0.269 e. The van der Waals surface area contributed by atoms with Crippen LogP contribution in [0.3, 0.4) is 0 Å². The lowest BCUT2D eigenvalue weighted by Gasteiger charge is -2.05. The second-order valence-electron chi connectivity index (χ2n) is 5.57. The number of ether oxygens (including phenoxy) is 1. The third kappa shape index (κ3) is 6.35. The number of aryl methyl sites for hydroxylation is 1. The van der Waals surface area contributed by atoms with Gasteiger partial charge in [0, 0.05) is 18.6 Å². The molecule has 0 radical (unpaired) electrons. The first-order valence-corrected chi connectivity index (χ1v) is 8.36. The lowest BCUT2D eigenvalue weighted by molar-refractivity contribution is -0.384. The van der Waals surface area contributed by atoms with Crippen molar-refractivity contribution in [2.45, 2.75) is 26.2 Å². The molecular weight excluding hydrogens is 334 g/mol. The predicted molar refractivity (Wildman–Crippen MR) is 99.4 cm³/mol. The normalized spacial score (nSPS) is 10.7. The molecule has 1 N–H and O–H groups in total. The molecule has 1 amide bonds. The van der Waals surface area contributed by atoms with Crippen molar-refractivity contribution in [2.24, 2.45) is 5.10 Å². The van der Waals surface area contributed by atoms with E-state index < -0.39 is 4.92 Å². The summed E-state index contributed by atoms with van der Waals surface area (Å²) in [4.78, 5) is 21.9. The first kappa shape index (κ1) is 19.1. The van der Waals surface area contributed by atoms with Gasteiger partial charge in [-0.1, -0.05) is 12.1 Å². The van der Waals surface area contributed by atoms with Crippen LogP contribution in [0.1, 0.15) is 30.9 Å². The number of nitrogens with zero attached hydrogens (tertiary/aromatic N) is 2. The summed E-state index contributed by atoms with van der Waals surface area (Å²) in [6, 6.07) is 13.8. The number of carbonyl (C=O) groups excluding carboxylic acids is 1. The maximum Gasteiger partial charge on any atom is 0.269 e. The molecule has 26 heavy (non-hydrogen) atoms. The van der Waals surface area contributed by atoms with Crippen LogP contribution in [0.25, 0.3) is 0 Å². The number of non-ortho nitro benzene ring substituents is 1. The summed E-state index contributed by atoms with van der Waals surface area (Å²) in [7, 11) is 0. The number of hydrogen-bond acceptors (Lipinski definition) is 5. The molecule has 0 aliphatic rings. The van der Waals surface area contributed by atoms with Crippen LogP contribution in [-0.4, -0.2) is 23.7 Å². The van der Waals surface area contributed by atoms with Gasteiger partial charge in [0.05, 0.1) is 17.7 Å². The number of rotatable bonds is 9. The number of benzene rings is 2. The Labute approximate surface area is 151 Å². The van der Waals surface area contributed by atoms with Gasteiger partial charge in [-0.05, 0) is 55.2 Å². The Balaban J connectivity index is 1.70. The second kappa shape index (κ2) is 9.93. The fraction of sp³-hybridized carbons (Fsp3) is 0.263. The molecule has 0 heterocycles. The minimum absolute atomic E-state index is 0.0143. The number of hydrazone groups is 1. The number of carbonyl (C=O) groups is 1. The molecule has 0 atom stereocenters. The van der Waals surface area contributed by atoms with Crippen molar-refractivity contribution in [3.05, 3.63) is 69.8 Å². The van der Waals surface area contributed by atoms with E-state index in [1.807, 2.05) is 31.2 Å². The largest absolute Gasteiger partial charge is 0.494 e. The van der Waals surface area contributed by atoms with Gasteiger partial charge in [0.15, 0.2) is 0 Å². The molecule has 0 saturated carbocycles. The van der Waals surface area contributed by atoms with E-state index in [1.165, 1.54) is 18.3 Å². The zero-order valence-corrected chi connectivity index (χ0v) is 14.6. The van der Waals surface area contributed by atoms with Gasteiger partial charge in [-0.3, -0.25) is 14.9 Å². The van der Waals surface area contributed by atoms with Crippen molar-refractivity contribution in [3.63, 3.8) is 0 Å². The number of amides is 1. The Morgan fingerprint density at radius 3 is 2.50 bits per heavy atom. The standard InChI is InChI=1S/C19H21N3O4/c1-2-26-18-12-8-15(9-13-18)4-3-5-19(23)21-20-14-16-6-10-17(11-7-16)22(24)25/h6-14H,2-5H2,1H3,(H,21,23)/b20-14-. The monoisotopic (exact) mass is 355 g/mol. The summed E-state index contributed by atoms with van der Waals surface area (Å²) < 4.78 is 5.39. The highest BCUT2D eigenvalue weighted by Gasteiger charge is 2.03. The fourth-order valence-electron chi connectivity index (χ4n) is 2.29. The molecule has 0 saturated heterocycles. The highest BCUT2D eigenvalue weighted by Crippen LogP contribution is 2.14. The average molecular weight is 355 g/mol. The van der Waals surface area contributed by atoms with Crippen LogP contribution in [0, 0.1) is 10.1 Å². The van der Waals surface area contributed by atoms with Crippen molar-refractivity contribution < 1.29 is 14.5 Å². The highest BCUT2D eigenvalue weighted by atomic mass is 16.6. The quantitative estimate of drug-likeness (QED) is 0.423. The van der Waals surface area contributed by atoms with Crippen LogP contribution >= 0.6 is 0 Å².